The van der Waals surface area contributed by atoms with Crippen molar-refractivity contribution in [3.63, 3.8) is 0 Å². The summed E-state index contributed by atoms with van der Waals surface area (Å²) >= 11 is 0. The van der Waals surface area contributed by atoms with Gasteiger partial charge in [0.15, 0.2) is 0 Å². The lowest BCUT2D eigenvalue weighted by Crippen LogP contribution is -1.89. The number of benzene rings is 3. The smallest absolute Gasteiger partial charge is 0.130 e. The second-order valence-electron chi connectivity index (χ2n) is 4.81. The van der Waals surface area contributed by atoms with Crippen molar-refractivity contribution in [3.8, 4) is 11.5 Å². The zero-order valence-electron chi connectivity index (χ0n) is 11.2. The Morgan fingerprint density at radius 2 is 1.53 bits per heavy atom. The fourth-order valence-electron chi connectivity index (χ4n) is 2.19. The summed E-state index contributed by atoms with van der Waals surface area (Å²) in [7, 11) is 0. The number of aryl methyl sites for hydroxylation is 1. The molecule has 3 aromatic carbocycles. The molecule has 0 spiro atoms. The largest absolute Gasteiger partial charge is 0.457 e. The van der Waals surface area contributed by atoms with Gasteiger partial charge in [0.1, 0.15) is 11.5 Å². The van der Waals surface area contributed by atoms with Gasteiger partial charge in [0.2, 0.25) is 0 Å². The number of hydrogen-bond acceptors (Lipinski definition) is 1. The van der Waals surface area contributed by atoms with Crippen molar-refractivity contribution in [2.45, 2.75) is 13.8 Å². The van der Waals surface area contributed by atoms with Crippen LogP contribution in [0.4, 0.5) is 0 Å². The van der Waals surface area contributed by atoms with Crippen LogP contribution in [0, 0.1) is 13.8 Å². The second-order valence-corrected chi connectivity index (χ2v) is 4.81. The highest BCUT2D eigenvalue weighted by Crippen LogP contribution is 2.28. The van der Waals surface area contributed by atoms with Crippen molar-refractivity contribution in [2.24, 2.45) is 0 Å². The van der Waals surface area contributed by atoms with Crippen LogP contribution >= 0.6 is 0 Å². The third kappa shape index (κ3) is 2.32. The lowest BCUT2D eigenvalue weighted by Gasteiger charge is -2.11. The van der Waals surface area contributed by atoms with Gasteiger partial charge in [0.25, 0.3) is 0 Å². The molecule has 94 valence electrons. The lowest BCUT2D eigenvalue weighted by molar-refractivity contribution is 0.479. The predicted molar refractivity (Wildman–Crippen MR) is 79.9 cm³/mol. The first-order chi connectivity index (χ1) is 9.24. The van der Waals surface area contributed by atoms with E-state index in [0.29, 0.717) is 0 Å². The summed E-state index contributed by atoms with van der Waals surface area (Å²) in [5.41, 5.74) is 2.44. The molecular weight excluding hydrogens is 232 g/mol. The highest BCUT2D eigenvalue weighted by molar-refractivity contribution is 5.83. The molecule has 0 atom stereocenters. The van der Waals surface area contributed by atoms with Crippen molar-refractivity contribution in [2.75, 3.05) is 0 Å². The van der Waals surface area contributed by atoms with Crippen molar-refractivity contribution >= 4 is 10.8 Å². The molecule has 0 unspecified atom stereocenters. The van der Waals surface area contributed by atoms with Gasteiger partial charge in [-0.25, -0.2) is 0 Å². The standard InChI is InChI=1S/C18H16O/c1-13-6-5-9-18(14(13)2)19-17-11-10-15-7-3-4-8-16(15)12-17/h3-12H,1-2H3. The van der Waals surface area contributed by atoms with E-state index in [0.717, 1.165) is 11.5 Å². The van der Waals surface area contributed by atoms with E-state index >= 15 is 0 Å². The maximum atomic E-state index is 6.00. The monoisotopic (exact) mass is 248 g/mol. The normalized spacial score (nSPS) is 10.6. The molecule has 0 saturated carbocycles. The maximum absolute atomic E-state index is 6.00. The van der Waals surface area contributed by atoms with Gasteiger partial charge < -0.3 is 4.74 Å². The van der Waals surface area contributed by atoms with Gasteiger partial charge in [-0.05, 0) is 53.9 Å². The highest BCUT2D eigenvalue weighted by Gasteiger charge is 2.03. The van der Waals surface area contributed by atoms with Gasteiger partial charge in [0.05, 0.1) is 0 Å². The molecule has 0 aromatic heterocycles. The first kappa shape index (κ1) is 11.8. The first-order valence-corrected chi connectivity index (χ1v) is 6.47. The molecule has 0 N–H and O–H groups in total. The molecule has 0 amide bonds. The second kappa shape index (κ2) is 4.77. The van der Waals surface area contributed by atoms with E-state index < -0.39 is 0 Å². The summed E-state index contributed by atoms with van der Waals surface area (Å²) in [5.74, 6) is 1.81. The fourth-order valence-corrected chi connectivity index (χ4v) is 2.19. The van der Waals surface area contributed by atoms with Crippen molar-refractivity contribution in [1.82, 2.24) is 0 Å². The molecule has 0 radical (unpaired) electrons. The molecule has 3 aromatic rings. The van der Waals surface area contributed by atoms with Gasteiger partial charge in [-0.1, -0.05) is 42.5 Å². The minimum absolute atomic E-state index is 0.882. The SMILES string of the molecule is Cc1cccc(Oc2ccc3ccccc3c2)c1C. The minimum Gasteiger partial charge on any atom is -0.457 e. The van der Waals surface area contributed by atoms with Crippen molar-refractivity contribution < 1.29 is 4.74 Å². The quantitative estimate of drug-likeness (QED) is 0.602. The maximum Gasteiger partial charge on any atom is 0.130 e. The number of hydrogen-bond donors (Lipinski definition) is 0. The van der Waals surface area contributed by atoms with Gasteiger partial charge in [-0.15, -0.1) is 0 Å². The summed E-state index contributed by atoms with van der Waals surface area (Å²) in [4.78, 5) is 0. The van der Waals surface area contributed by atoms with Crippen LogP contribution < -0.4 is 4.74 Å². The highest BCUT2D eigenvalue weighted by atomic mass is 16.5. The average molecular weight is 248 g/mol. The Morgan fingerprint density at radius 1 is 0.737 bits per heavy atom. The molecule has 1 nitrogen and oxygen atoms in total. The predicted octanol–water partition coefficient (Wildman–Crippen LogP) is 5.25. The van der Waals surface area contributed by atoms with Crippen LogP contribution in [0.1, 0.15) is 11.1 Å². The molecule has 0 aliphatic carbocycles. The van der Waals surface area contributed by atoms with Crippen LogP contribution in [0.15, 0.2) is 60.7 Å². The summed E-state index contributed by atoms with van der Waals surface area (Å²) < 4.78 is 6.00. The van der Waals surface area contributed by atoms with Crippen LogP contribution in [0.3, 0.4) is 0 Å². The van der Waals surface area contributed by atoms with Gasteiger partial charge in [-0.3, -0.25) is 0 Å². The van der Waals surface area contributed by atoms with E-state index in [-0.39, 0.29) is 0 Å². The van der Waals surface area contributed by atoms with Gasteiger partial charge >= 0.3 is 0 Å². The molecule has 0 fully saturated rings. The Labute approximate surface area is 113 Å². The topological polar surface area (TPSA) is 9.23 Å². The zero-order chi connectivity index (χ0) is 13.2. The van der Waals surface area contributed by atoms with Crippen molar-refractivity contribution in [3.05, 3.63) is 71.8 Å². The van der Waals surface area contributed by atoms with Crippen molar-refractivity contribution in [1.29, 1.82) is 0 Å². The summed E-state index contributed by atoms with van der Waals surface area (Å²) in [6.45, 7) is 4.19. The number of rotatable bonds is 2. The third-order valence-electron chi connectivity index (χ3n) is 3.50. The Hall–Kier alpha value is -2.28. The summed E-state index contributed by atoms with van der Waals surface area (Å²) in [6, 6.07) is 20.6. The molecule has 0 heterocycles. The Kier molecular flexibility index (Phi) is 2.96. The van der Waals surface area contributed by atoms with Crippen LogP contribution in [0.25, 0.3) is 10.8 Å². The average Bonchev–Trinajstić information content (AvgIpc) is 2.44. The Balaban J connectivity index is 1.99. The fraction of sp³-hybridized carbons (Fsp3) is 0.111. The third-order valence-corrected chi connectivity index (χ3v) is 3.50. The molecule has 19 heavy (non-hydrogen) atoms. The molecule has 0 saturated heterocycles. The Bertz CT molecular complexity index is 729. The van der Waals surface area contributed by atoms with E-state index in [1.165, 1.54) is 21.9 Å². The van der Waals surface area contributed by atoms with E-state index in [1.54, 1.807) is 0 Å². The van der Waals surface area contributed by atoms with Crippen LogP contribution in [0.2, 0.25) is 0 Å². The van der Waals surface area contributed by atoms with Crippen LogP contribution in [-0.4, -0.2) is 0 Å². The molecule has 1 heteroatoms. The summed E-state index contributed by atoms with van der Waals surface area (Å²) in [6.07, 6.45) is 0. The summed E-state index contributed by atoms with van der Waals surface area (Å²) in [5, 5.41) is 2.43. The van der Waals surface area contributed by atoms with Crippen LogP contribution in [0.5, 0.6) is 11.5 Å². The number of fused-ring (bicyclic) bond motifs is 1. The zero-order valence-corrected chi connectivity index (χ0v) is 11.2. The molecular formula is C18H16O. The van der Waals surface area contributed by atoms with E-state index in [1.807, 2.05) is 30.3 Å². The van der Waals surface area contributed by atoms with Gasteiger partial charge in [0, 0.05) is 0 Å². The molecule has 0 aliphatic rings. The Morgan fingerprint density at radius 3 is 2.37 bits per heavy atom. The van der Waals surface area contributed by atoms with E-state index in [4.69, 9.17) is 4.74 Å². The molecule has 3 rings (SSSR count). The lowest BCUT2D eigenvalue weighted by atomic mass is 10.1. The first-order valence-electron chi connectivity index (χ1n) is 6.47. The molecule has 0 bridgehead atoms. The van der Waals surface area contributed by atoms with Gasteiger partial charge in [-0.2, -0.15) is 0 Å². The van der Waals surface area contributed by atoms with E-state index in [9.17, 15) is 0 Å². The van der Waals surface area contributed by atoms with E-state index in [2.05, 4.69) is 44.2 Å². The van der Waals surface area contributed by atoms with Crippen LogP contribution in [-0.2, 0) is 0 Å². The minimum atomic E-state index is 0.882. The molecule has 0 aliphatic heterocycles. The number of ether oxygens (including phenoxy) is 1.